The van der Waals surface area contributed by atoms with Crippen LogP contribution in [-0.4, -0.2) is 46.7 Å². The van der Waals surface area contributed by atoms with Crippen molar-refractivity contribution in [3.8, 4) is 11.5 Å². The van der Waals surface area contributed by atoms with Gasteiger partial charge in [-0.1, -0.05) is 18.2 Å². The van der Waals surface area contributed by atoms with Crippen molar-refractivity contribution in [2.75, 3.05) is 7.11 Å². The van der Waals surface area contributed by atoms with Gasteiger partial charge >= 0.3 is 11.9 Å². The number of aliphatic hydroxyl groups excluding tert-OH is 1. The standard InChI is InChI=1S/C23H20O8/c1-12-10-15(25)18-16(11-12)31-23(22(28)29-2)17(9-8-14(24)19(23)20(18)26)30-21(27)13-6-4-3-5-7-13/h3-7,10-11,17,25-26H,8-9H2,1-2H3. The molecular weight excluding hydrogens is 404 g/mol. The number of methoxy groups -OCH3 is 1. The minimum Gasteiger partial charge on any atom is -0.507 e. The van der Waals surface area contributed by atoms with Crippen molar-refractivity contribution in [1.29, 1.82) is 0 Å². The molecule has 8 heteroatoms. The van der Waals surface area contributed by atoms with Crippen LogP contribution in [0, 0.1) is 6.92 Å². The van der Waals surface area contributed by atoms with Gasteiger partial charge in [0.2, 0.25) is 0 Å². The second-order valence-corrected chi connectivity index (χ2v) is 7.43. The Morgan fingerprint density at radius 3 is 2.55 bits per heavy atom. The van der Waals surface area contributed by atoms with Crippen LogP contribution in [0.2, 0.25) is 0 Å². The number of phenolic OH excluding ortho intramolecular Hbond substituents is 1. The van der Waals surface area contributed by atoms with Crippen molar-refractivity contribution in [2.24, 2.45) is 0 Å². The number of aryl methyl sites for hydroxylation is 1. The molecule has 2 unspecified atom stereocenters. The van der Waals surface area contributed by atoms with Gasteiger partial charge in [-0.2, -0.15) is 0 Å². The molecule has 2 atom stereocenters. The van der Waals surface area contributed by atoms with Gasteiger partial charge in [-0.3, -0.25) is 4.79 Å². The number of carbonyl (C=O) groups excluding carboxylic acids is 3. The monoisotopic (exact) mass is 424 g/mol. The fourth-order valence-corrected chi connectivity index (χ4v) is 4.08. The first-order valence-electron chi connectivity index (χ1n) is 9.64. The zero-order chi connectivity index (χ0) is 22.3. The van der Waals surface area contributed by atoms with Gasteiger partial charge in [0.05, 0.1) is 18.2 Å². The van der Waals surface area contributed by atoms with Crippen LogP contribution in [0.25, 0.3) is 5.76 Å². The second-order valence-electron chi connectivity index (χ2n) is 7.43. The molecule has 2 N–H and O–H groups in total. The molecule has 2 aliphatic rings. The van der Waals surface area contributed by atoms with Crippen molar-refractivity contribution >= 4 is 23.5 Å². The molecule has 160 valence electrons. The highest BCUT2D eigenvalue weighted by molar-refractivity contribution is 6.12. The number of aliphatic hydroxyl groups is 1. The second kappa shape index (κ2) is 7.46. The van der Waals surface area contributed by atoms with Gasteiger partial charge in [-0.05, 0) is 43.2 Å². The molecule has 0 radical (unpaired) electrons. The lowest BCUT2D eigenvalue weighted by atomic mass is 9.73. The Balaban J connectivity index is 1.88. The average molecular weight is 424 g/mol. The highest BCUT2D eigenvalue weighted by Crippen LogP contribution is 2.50. The van der Waals surface area contributed by atoms with E-state index in [0.29, 0.717) is 5.56 Å². The molecule has 1 heterocycles. The number of hydrogen-bond donors (Lipinski definition) is 2. The summed E-state index contributed by atoms with van der Waals surface area (Å²) >= 11 is 0. The van der Waals surface area contributed by atoms with Crippen LogP contribution in [-0.2, 0) is 19.1 Å². The predicted octanol–water partition coefficient (Wildman–Crippen LogP) is 2.86. The predicted molar refractivity (Wildman–Crippen MR) is 108 cm³/mol. The number of Topliss-reactive ketones (excluding diaryl/α,β-unsaturated/α-hetero) is 1. The molecule has 2 aromatic rings. The smallest absolute Gasteiger partial charge is 0.359 e. The summed E-state index contributed by atoms with van der Waals surface area (Å²) in [5.41, 5.74) is -1.87. The molecule has 0 saturated heterocycles. The number of esters is 2. The Hall–Kier alpha value is -3.81. The van der Waals surface area contributed by atoms with Crippen LogP contribution in [0.5, 0.6) is 11.5 Å². The molecule has 0 amide bonds. The third kappa shape index (κ3) is 3.11. The lowest BCUT2D eigenvalue weighted by molar-refractivity contribution is -0.170. The maximum absolute atomic E-state index is 13.0. The van der Waals surface area contributed by atoms with Crippen molar-refractivity contribution in [2.45, 2.75) is 31.5 Å². The zero-order valence-electron chi connectivity index (χ0n) is 16.9. The molecule has 2 aromatic carbocycles. The number of carbonyl (C=O) groups is 3. The van der Waals surface area contributed by atoms with Gasteiger partial charge in [0.1, 0.15) is 22.8 Å². The summed E-state index contributed by atoms with van der Waals surface area (Å²) in [7, 11) is 1.10. The van der Waals surface area contributed by atoms with Crippen LogP contribution in [0.4, 0.5) is 0 Å². The number of phenols is 1. The number of ketones is 1. The molecule has 1 aliphatic carbocycles. The molecule has 8 nitrogen and oxygen atoms in total. The number of aromatic hydroxyl groups is 1. The van der Waals surface area contributed by atoms with E-state index in [1.54, 1.807) is 37.3 Å². The van der Waals surface area contributed by atoms with E-state index >= 15 is 0 Å². The third-order valence-electron chi connectivity index (χ3n) is 5.45. The van der Waals surface area contributed by atoms with Crippen LogP contribution in [0.15, 0.2) is 48.0 Å². The van der Waals surface area contributed by atoms with Crippen molar-refractivity contribution in [1.82, 2.24) is 0 Å². The first-order valence-corrected chi connectivity index (χ1v) is 9.64. The highest BCUT2D eigenvalue weighted by Gasteiger charge is 2.63. The molecular formula is C23H20O8. The van der Waals surface area contributed by atoms with Crippen LogP contribution in [0.1, 0.15) is 34.3 Å². The van der Waals surface area contributed by atoms with Gasteiger partial charge < -0.3 is 24.4 Å². The molecule has 0 spiro atoms. The van der Waals surface area contributed by atoms with Crippen LogP contribution in [0.3, 0.4) is 0 Å². The van der Waals surface area contributed by atoms with E-state index < -0.39 is 40.8 Å². The fraction of sp³-hybridized carbons (Fsp3) is 0.261. The maximum atomic E-state index is 13.0. The van der Waals surface area contributed by atoms with Crippen LogP contribution < -0.4 is 4.74 Å². The van der Waals surface area contributed by atoms with Gasteiger partial charge in [-0.25, -0.2) is 9.59 Å². The summed E-state index contributed by atoms with van der Waals surface area (Å²) in [4.78, 5) is 38.6. The lowest BCUT2D eigenvalue weighted by Gasteiger charge is -2.44. The number of fused-ring (bicyclic) bond motifs is 2. The SMILES string of the molecule is COC(=O)C12Oc3cc(C)cc(O)c3C(O)=C1C(=O)CCC2OC(=O)c1ccccc1. The van der Waals surface area contributed by atoms with Crippen molar-refractivity contribution in [3.05, 3.63) is 64.7 Å². The Morgan fingerprint density at radius 2 is 1.87 bits per heavy atom. The minimum absolute atomic E-state index is 0.0174. The normalized spacial score (nSPS) is 22.1. The van der Waals surface area contributed by atoms with Gasteiger partial charge in [0, 0.05) is 6.42 Å². The highest BCUT2D eigenvalue weighted by atomic mass is 16.6. The van der Waals surface area contributed by atoms with E-state index in [-0.39, 0.29) is 35.5 Å². The topological polar surface area (TPSA) is 119 Å². The van der Waals surface area contributed by atoms with Crippen molar-refractivity contribution < 1.29 is 38.8 Å². The molecule has 0 bridgehead atoms. The van der Waals surface area contributed by atoms with Gasteiger partial charge in [0.15, 0.2) is 11.9 Å². The van der Waals surface area contributed by atoms with E-state index in [2.05, 4.69) is 0 Å². The number of ether oxygens (including phenoxy) is 3. The van der Waals surface area contributed by atoms with Crippen LogP contribution >= 0.6 is 0 Å². The number of rotatable bonds is 3. The maximum Gasteiger partial charge on any atom is 0.359 e. The van der Waals surface area contributed by atoms with Gasteiger partial charge in [-0.15, -0.1) is 0 Å². The van der Waals surface area contributed by atoms with E-state index in [9.17, 15) is 24.6 Å². The summed E-state index contributed by atoms with van der Waals surface area (Å²) in [6, 6.07) is 11.1. The first-order chi connectivity index (χ1) is 14.8. The quantitative estimate of drug-likeness (QED) is 0.722. The largest absolute Gasteiger partial charge is 0.507 e. The summed E-state index contributed by atoms with van der Waals surface area (Å²) in [5.74, 6) is -3.23. The Bertz CT molecular complexity index is 1120. The fourth-order valence-electron chi connectivity index (χ4n) is 4.08. The minimum atomic E-state index is -2.20. The first kappa shape index (κ1) is 20.5. The average Bonchev–Trinajstić information content (AvgIpc) is 2.74. The van der Waals surface area contributed by atoms with E-state index in [1.165, 1.54) is 12.1 Å². The Morgan fingerprint density at radius 1 is 1.16 bits per heavy atom. The van der Waals surface area contributed by atoms with E-state index in [0.717, 1.165) is 7.11 Å². The Kier molecular flexibility index (Phi) is 4.93. The van der Waals surface area contributed by atoms with Crippen molar-refractivity contribution in [3.63, 3.8) is 0 Å². The molecule has 1 saturated carbocycles. The summed E-state index contributed by atoms with van der Waals surface area (Å²) < 4.78 is 16.5. The summed E-state index contributed by atoms with van der Waals surface area (Å²) in [6.07, 6.45) is -1.37. The van der Waals surface area contributed by atoms with E-state index in [1.807, 2.05) is 0 Å². The van der Waals surface area contributed by atoms with Gasteiger partial charge in [0.25, 0.3) is 5.60 Å². The summed E-state index contributed by atoms with van der Waals surface area (Å²) in [5, 5.41) is 21.3. The zero-order valence-corrected chi connectivity index (χ0v) is 16.9. The molecule has 1 fully saturated rings. The molecule has 31 heavy (non-hydrogen) atoms. The molecule has 4 rings (SSSR count). The third-order valence-corrected chi connectivity index (χ3v) is 5.45. The molecule has 0 aromatic heterocycles. The number of benzene rings is 2. The number of hydrogen-bond acceptors (Lipinski definition) is 8. The lowest BCUT2D eigenvalue weighted by Crippen LogP contribution is -2.62. The van der Waals surface area contributed by atoms with E-state index in [4.69, 9.17) is 14.2 Å². The Labute approximate surface area is 177 Å². The molecule has 1 aliphatic heterocycles. The summed E-state index contributed by atoms with van der Waals surface area (Å²) in [6.45, 7) is 1.68.